The third kappa shape index (κ3) is 14.7. The molecule has 0 spiro atoms. The Morgan fingerprint density at radius 2 is 0.875 bits per heavy atom. The molecule has 2 fully saturated rings. The Labute approximate surface area is 246 Å². The predicted molar refractivity (Wildman–Crippen MR) is 165 cm³/mol. The van der Waals surface area contributed by atoms with Crippen molar-refractivity contribution in [2.75, 3.05) is 0 Å². The number of nitrogens with one attached hydrogen (secondary N) is 2. The molecule has 234 valence electrons. The molecule has 6 nitrogen and oxygen atoms in total. The Hall–Kier alpha value is -1.14. The van der Waals surface area contributed by atoms with Crippen LogP contribution in [0.25, 0.3) is 0 Å². The molecule has 6 heteroatoms. The van der Waals surface area contributed by atoms with Crippen molar-refractivity contribution in [1.29, 1.82) is 0 Å². The molecule has 0 aliphatic carbocycles. The van der Waals surface area contributed by atoms with Crippen LogP contribution in [0.2, 0.25) is 0 Å². The molecule has 2 saturated heterocycles. The summed E-state index contributed by atoms with van der Waals surface area (Å²) in [6.45, 7) is 7.76. The van der Waals surface area contributed by atoms with Gasteiger partial charge in [-0.05, 0) is 38.5 Å². The van der Waals surface area contributed by atoms with Gasteiger partial charge >= 0.3 is 0 Å². The van der Waals surface area contributed by atoms with Crippen LogP contribution in [-0.2, 0) is 19.1 Å². The number of carbonyl (C=O) groups excluding carboxylic acids is 2. The van der Waals surface area contributed by atoms with Gasteiger partial charge in [-0.15, -0.1) is 0 Å². The first kappa shape index (κ1) is 35.1. The standard InChI is InChI=1S/C34H64N2O4/c1-5-7-9-11-13-15-17-19-21-29(35-27(3)37)31-23-25-33(39-31)34-26-24-32(40-34)30(36-28(4)38)22-20-18-16-14-12-10-8-6-2/h29-34H,5-26H2,1-4H3,(H,35,37)(H,36,38)/t29-,30+,31-,32-,33-,34-/m1/s1. The zero-order valence-corrected chi connectivity index (χ0v) is 26.7. The number of hydrogen-bond acceptors (Lipinski definition) is 4. The molecule has 2 N–H and O–H groups in total. The normalized spacial score (nSPS) is 24.2. The monoisotopic (exact) mass is 564 g/mol. The van der Waals surface area contributed by atoms with Crippen molar-refractivity contribution in [3.05, 3.63) is 0 Å². The van der Waals surface area contributed by atoms with E-state index in [1.807, 2.05) is 0 Å². The molecule has 40 heavy (non-hydrogen) atoms. The SMILES string of the molecule is CCCCCCCCCC[C@H](NC(C)=O)[C@H]1CC[C@H]([C@H]2CC[C@H]([C@@H](CCCCCCCCCC)NC(C)=O)O2)O1. The number of hydrogen-bond donors (Lipinski definition) is 2. The van der Waals surface area contributed by atoms with Gasteiger partial charge in [0, 0.05) is 13.8 Å². The van der Waals surface area contributed by atoms with Gasteiger partial charge in [0.2, 0.25) is 11.8 Å². The van der Waals surface area contributed by atoms with E-state index < -0.39 is 0 Å². The van der Waals surface area contributed by atoms with E-state index in [-0.39, 0.29) is 48.3 Å². The van der Waals surface area contributed by atoms with Crippen molar-refractivity contribution >= 4 is 11.8 Å². The Morgan fingerprint density at radius 1 is 0.550 bits per heavy atom. The maximum Gasteiger partial charge on any atom is 0.217 e. The summed E-state index contributed by atoms with van der Waals surface area (Å²) >= 11 is 0. The van der Waals surface area contributed by atoms with Crippen LogP contribution in [0.1, 0.15) is 169 Å². The van der Waals surface area contributed by atoms with Gasteiger partial charge in [-0.25, -0.2) is 0 Å². The van der Waals surface area contributed by atoms with Crippen LogP contribution in [0.15, 0.2) is 0 Å². The van der Waals surface area contributed by atoms with E-state index in [1.54, 1.807) is 13.8 Å². The van der Waals surface area contributed by atoms with Crippen LogP contribution < -0.4 is 10.6 Å². The molecule has 0 aromatic carbocycles. The van der Waals surface area contributed by atoms with Crippen molar-refractivity contribution in [2.45, 2.75) is 205 Å². The van der Waals surface area contributed by atoms with Gasteiger partial charge in [-0.2, -0.15) is 0 Å². The molecular formula is C34H64N2O4. The third-order valence-electron chi connectivity index (χ3n) is 9.00. The highest BCUT2D eigenvalue weighted by Gasteiger charge is 2.41. The topological polar surface area (TPSA) is 76.7 Å². The van der Waals surface area contributed by atoms with Crippen LogP contribution in [0, 0.1) is 0 Å². The smallest absolute Gasteiger partial charge is 0.217 e. The van der Waals surface area contributed by atoms with E-state index in [0.717, 1.165) is 51.4 Å². The summed E-state index contributed by atoms with van der Waals surface area (Å²) in [6.07, 6.45) is 26.9. The van der Waals surface area contributed by atoms with E-state index in [9.17, 15) is 9.59 Å². The van der Waals surface area contributed by atoms with Crippen LogP contribution >= 0.6 is 0 Å². The molecular weight excluding hydrogens is 500 g/mol. The highest BCUT2D eigenvalue weighted by atomic mass is 16.6. The molecule has 2 amide bonds. The first-order valence-corrected chi connectivity index (χ1v) is 17.3. The molecule has 0 saturated carbocycles. The highest BCUT2D eigenvalue weighted by Crippen LogP contribution is 2.35. The fourth-order valence-corrected chi connectivity index (χ4v) is 6.74. The van der Waals surface area contributed by atoms with E-state index in [1.165, 1.54) is 89.9 Å². The van der Waals surface area contributed by atoms with Crippen LogP contribution in [-0.4, -0.2) is 48.3 Å². The Kier molecular flexibility index (Phi) is 18.9. The van der Waals surface area contributed by atoms with Gasteiger partial charge in [0.05, 0.1) is 36.5 Å². The largest absolute Gasteiger partial charge is 0.370 e. The Morgan fingerprint density at radius 3 is 1.20 bits per heavy atom. The maximum atomic E-state index is 12.0. The van der Waals surface area contributed by atoms with E-state index in [2.05, 4.69) is 24.5 Å². The fourth-order valence-electron chi connectivity index (χ4n) is 6.74. The number of rotatable bonds is 23. The average Bonchev–Trinajstić information content (AvgIpc) is 3.60. The predicted octanol–water partition coefficient (Wildman–Crippen LogP) is 8.15. The summed E-state index contributed by atoms with van der Waals surface area (Å²) in [6, 6.07) is 0.183. The quantitative estimate of drug-likeness (QED) is 0.123. The molecule has 0 radical (unpaired) electrons. The summed E-state index contributed by atoms with van der Waals surface area (Å²) in [4.78, 5) is 23.9. The summed E-state index contributed by atoms with van der Waals surface area (Å²) in [5.74, 6) is 0.0702. The first-order chi connectivity index (χ1) is 19.4. The molecule has 6 atom stereocenters. The van der Waals surface area contributed by atoms with Gasteiger partial charge in [0.15, 0.2) is 0 Å². The van der Waals surface area contributed by atoms with Gasteiger partial charge in [0.25, 0.3) is 0 Å². The van der Waals surface area contributed by atoms with Gasteiger partial charge in [-0.1, -0.05) is 117 Å². The van der Waals surface area contributed by atoms with Crippen molar-refractivity contribution in [2.24, 2.45) is 0 Å². The summed E-state index contributed by atoms with van der Waals surface area (Å²) in [7, 11) is 0. The minimum absolute atomic E-state index is 0.0351. The lowest BCUT2D eigenvalue weighted by Crippen LogP contribution is -2.44. The van der Waals surface area contributed by atoms with Crippen molar-refractivity contribution in [3.63, 3.8) is 0 Å². The van der Waals surface area contributed by atoms with Crippen molar-refractivity contribution in [3.8, 4) is 0 Å². The third-order valence-corrected chi connectivity index (χ3v) is 9.00. The molecule has 0 aromatic heterocycles. The van der Waals surface area contributed by atoms with Gasteiger partial charge in [0.1, 0.15) is 0 Å². The molecule has 2 aliphatic rings. The van der Waals surface area contributed by atoms with E-state index >= 15 is 0 Å². The number of ether oxygens (including phenoxy) is 2. The second-order valence-electron chi connectivity index (χ2n) is 12.7. The van der Waals surface area contributed by atoms with Crippen molar-refractivity contribution in [1.82, 2.24) is 10.6 Å². The molecule has 2 aliphatic heterocycles. The van der Waals surface area contributed by atoms with Crippen LogP contribution in [0.5, 0.6) is 0 Å². The van der Waals surface area contributed by atoms with Crippen molar-refractivity contribution < 1.29 is 19.1 Å². The zero-order chi connectivity index (χ0) is 29.0. The maximum absolute atomic E-state index is 12.0. The fraction of sp³-hybridized carbons (Fsp3) is 0.941. The van der Waals surface area contributed by atoms with E-state index in [0.29, 0.717) is 0 Å². The van der Waals surface area contributed by atoms with E-state index in [4.69, 9.17) is 9.47 Å². The highest BCUT2D eigenvalue weighted by molar-refractivity contribution is 5.73. The molecule has 0 aromatic rings. The average molecular weight is 565 g/mol. The zero-order valence-electron chi connectivity index (χ0n) is 26.7. The minimum atomic E-state index is 0.0351. The molecule has 2 rings (SSSR count). The summed E-state index contributed by atoms with van der Waals surface area (Å²) in [5.41, 5.74) is 0. The number of unbranched alkanes of at least 4 members (excludes halogenated alkanes) is 14. The summed E-state index contributed by atoms with van der Waals surface area (Å²) in [5, 5.41) is 6.39. The Bertz CT molecular complexity index is 616. The van der Waals surface area contributed by atoms with Crippen LogP contribution in [0.4, 0.5) is 0 Å². The minimum Gasteiger partial charge on any atom is -0.370 e. The molecule has 0 unspecified atom stereocenters. The van der Waals surface area contributed by atoms with Crippen LogP contribution in [0.3, 0.4) is 0 Å². The second kappa shape index (κ2) is 21.5. The lowest BCUT2D eigenvalue weighted by molar-refractivity contribution is -0.124. The summed E-state index contributed by atoms with van der Waals surface area (Å²) < 4.78 is 13.1. The first-order valence-electron chi connectivity index (χ1n) is 17.3. The molecule has 2 heterocycles. The lowest BCUT2D eigenvalue weighted by atomic mass is 9.98. The van der Waals surface area contributed by atoms with Gasteiger partial charge < -0.3 is 20.1 Å². The second-order valence-corrected chi connectivity index (χ2v) is 12.7. The number of amides is 2. The number of carbonyl (C=O) groups is 2. The molecule has 0 bridgehead atoms. The lowest BCUT2D eigenvalue weighted by Gasteiger charge is -2.28. The Balaban J connectivity index is 1.74. The van der Waals surface area contributed by atoms with Gasteiger partial charge in [-0.3, -0.25) is 9.59 Å².